The summed E-state index contributed by atoms with van der Waals surface area (Å²) in [7, 11) is 2.16. The van der Waals surface area contributed by atoms with Crippen molar-refractivity contribution in [2.75, 3.05) is 26.7 Å². The zero-order valence-corrected chi connectivity index (χ0v) is 15.0. The number of hydrogen-bond donors (Lipinski definition) is 1. The van der Waals surface area contributed by atoms with Crippen LogP contribution < -0.4 is 5.32 Å². The van der Waals surface area contributed by atoms with Crippen LogP contribution in [0.25, 0.3) is 11.0 Å². The molecule has 0 atom stereocenters. The van der Waals surface area contributed by atoms with E-state index >= 15 is 0 Å². The third-order valence-electron chi connectivity index (χ3n) is 4.93. The van der Waals surface area contributed by atoms with Crippen LogP contribution in [0.4, 0.5) is 0 Å². The number of carbonyl (C=O) groups is 1. The highest BCUT2D eigenvalue weighted by Gasteiger charge is 2.19. The number of hydrogen-bond acceptors (Lipinski definition) is 3. The molecular weight excluding hydrogens is 300 g/mol. The molecule has 2 heterocycles. The van der Waals surface area contributed by atoms with Gasteiger partial charge in [-0.1, -0.05) is 26.0 Å². The number of rotatable bonds is 5. The maximum Gasteiger partial charge on any atom is 0.240 e. The summed E-state index contributed by atoms with van der Waals surface area (Å²) in [4.78, 5) is 19.5. The molecule has 1 aromatic heterocycles. The van der Waals surface area contributed by atoms with Gasteiger partial charge in [0.25, 0.3) is 0 Å². The van der Waals surface area contributed by atoms with Gasteiger partial charge in [-0.15, -0.1) is 0 Å². The first kappa shape index (κ1) is 17.0. The van der Waals surface area contributed by atoms with Gasteiger partial charge in [0.15, 0.2) is 0 Å². The van der Waals surface area contributed by atoms with Crippen LogP contribution in [0, 0.1) is 5.92 Å². The molecule has 0 radical (unpaired) electrons. The lowest BCUT2D eigenvalue weighted by Crippen LogP contribution is -2.38. The quantitative estimate of drug-likeness (QED) is 0.918. The Labute approximate surface area is 144 Å². The van der Waals surface area contributed by atoms with Gasteiger partial charge in [-0.25, -0.2) is 4.98 Å². The number of likely N-dealkylation sites (tertiary alicyclic amines) is 1. The van der Waals surface area contributed by atoms with Gasteiger partial charge in [0.05, 0.1) is 11.0 Å². The van der Waals surface area contributed by atoms with Gasteiger partial charge in [0.2, 0.25) is 5.91 Å². The van der Waals surface area contributed by atoms with Gasteiger partial charge < -0.3 is 14.8 Å². The Kier molecular flexibility index (Phi) is 5.19. The molecule has 1 saturated heterocycles. The Hall–Kier alpha value is -1.88. The smallest absolute Gasteiger partial charge is 0.240 e. The third-order valence-corrected chi connectivity index (χ3v) is 4.93. The molecule has 1 fully saturated rings. The predicted octanol–water partition coefficient (Wildman–Crippen LogP) is 2.62. The second kappa shape index (κ2) is 7.34. The third kappa shape index (κ3) is 3.78. The lowest BCUT2D eigenvalue weighted by molar-refractivity contribution is -0.121. The number of piperidine rings is 1. The minimum atomic E-state index is 0.0824. The van der Waals surface area contributed by atoms with Gasteiger partial charge in [0.1, 0.15) is 12.4 Å². The zero-order chi connectivity index (χ0) is 17.1. The number of para-hydroxylation sites is 2. The highest BCUT2D eigenvalue weighted by molar-refractivity contribution is 5.81. The first-order valence-electron chi connectivity index (χ1n) is 8.95. The van der Waals surface area contributed by atoms with E-state index in [2.05, 4.69) is 35.7 Å². The van der Waals surface area contributed by atoms with Crippen LogP contribution in [0.3, 0.4) is 0 Å². The van der Waals surface area contributed by atoms with E-state index in [1.54, 1.807) is 0 Å². The molecule has 1 amide bonds. The van der Waals surface area contributed by atoms with Crippen LogP contribution in [0.15, 0.2) is 24.3 Å². The van der Waals surface area contributed by atoms with Crippen LogP contribution in [0.1, 0.15) is 38.4 Å². The van der Waals surface area contributed by atoms with Gasteiger partial charge in [0, 0.05) is 12.5 Å². The second-order valence-electron chi connectivity index (χ2n) is 7.25. The summed E-state index contributed by atoms with van der Waals surface area (Å²) in [5.41, 5.74) is 2.00. The van der Waals surface area contributed by atoms with E-state index in [0.717, 1.165) is 36.5 Å². The van der Waals surface area contributed by atoms with Crippen molar-refractivity contribution >= 4 is 16.9 Å². The summed E-state index contributed by atoms with van der Waals surface area (Å²) >= 11 is 0. The van der Waals surface area contributed by atoms with Crippen molar-refractivity contribution in [1.82, 2.24) is 19.8 Å². The lowest BCUT2D eigenvalue weighted by atomic mass is 9.97. The summed E-state index contributed by atoms with van der Waals surface area (Å²) in [6.07, 6.45) is 2.34. The minimum Gasteiger partial charge on any atom is -0.354 e. The van der Waals surface area contributed by atoms with Crippen molar-refractivity contribution < 1.29 is 4.79 Å². The van der Waals surface area contributed by atoms with Crippen LogP contribution in [-0.4, -0.2) is 47.0 Å². The van der Waals surface area contributed by atoms with Crippen molar-refractivity contribution in [3.63, 3.8) is 0 Å². The van der Waals surface area contributed by atoms with Crippen LogP contribution >= 0.6 is 0 Å². The van der Waals surface area contributed by atoms with Crippen molar-refractivity contribution in [2.24, 2.45) is 5.92 Å². The topological polar surface area (TPSA) is 50.2 Å². The molecule has 1 N–H and O–H groups in total. The molecule has 24 heavy (non-hydrogen) atoms. The molecule has 5 nitrogen and oxygen atoms in total. The summed E-state index contributed by atoms with van der Waals surface area (Å²) in [5, 5.41) is 3.13. The van der Waals surface area contributed by atoms with Gasteiger partial charge in [-0.3, -0.25) is 4.79 Å². The first-order chi connectivity index (χ1) is 11.5. The van der Waals surface area contributed by atoms with E-state index in [1.165, 1.54) is 12.8 Å². The van der Waals surface area contributed by atoms with Crippen LogP contribution in [0.5, 0.6) is 0 Å². The van der Waals surface area contributed by atoms with Gasteiger partial charge in [-0.2, -0.15) is 0 Å². The van der Waals surface area contributed by atoms with E-state index in [0.29, 0.717) is 18.4 Å². The second-order valence-corrected chi connectivity index (χ2v) is 7.25. The summed E-state index contributed by atoms with van der Waals surface area (Å²) in [5.74, 6) is 1.96. The summed E-state index contributed by atoms with van der Waals surface area (Å²) in [6, 6.07) is 8.04. The van der Waals surface area contributed by atoms with Crippen molar-refractivity contribution in [3.8, 4) is 0 Å². The average Bonchev–Trinajstić information content (AvgIpc) is 2.93. The number of benzene rings is 1. The molecule has 0 saturated carbocycles. The number of nitrogens with zero attached hydrogens (tertiary/aromatic N) is 3. The Morgan fingerprint density at radius 2 is 2.00 bits per heavy atom. The van der Waals surface area contributed by atoms with Gasteiger partial charge in [-0.05, 0) is 51.0 Å². The van der Waals surface area contributed by atoms with Crippen molar-refractivity contribution in [1.29, 1.82) is 0 Å². The maximum atomic E-state index is 12.5. The summed E-state index contributed by atoms with van der Waals surface area (Å²) in [6.45, 7) is 7.63. The molecular formula is C19H28N4O. The molecule has 0 bridgehead atoms. The number of amides is 1. The molecule has 1 aromatic carbocycles. The largest absolute Gasteiger partial charge is 0.354 e. The standard InChI is InChI=1S/C19H28N4O/c1-14(2)19-21-16-6-4-5-7-17(16)23(19)13-18(24)20-12-15-8-10-22(3)11-9-15/h4-7,14-15H,8-13H2,1-3H3,(H,20,24). The number of fused-ring (bicyclic) bond motifs is 1. The number of nitrogens with one attached hydrogen (secondary N) is 1. The Balaban J connectivity index is 1.65. The number of aromatic nitrogens is 2. The monoisotopic (exact) mass is 328 g/mol. The average molecular weight is 328 g/mol. The molecule has 0 spiro atoms. The first-order valence-corrected chi connectivity index (χ1v) is 8.95. The SMILES string of the molecule is CC(C)c1nc2ccccc2n1CC(=O)NCC1CCN(C)CC1. The summed E-state index contributed by atoms with van der Waals surface area (Å²) < 4.78 is 2.06. The highest BCUT2D eigenvalue weighted by atomic mass is 16.1. The molecule has 1 aliphatic rings. The van der Waals surface area contributed by atoms with E-state index in [-0.39, 0.29) is 5.91 Å². The fourth-order valence-corrected chi connectivity index (χ4v) is 3.42. The maximum absolute atomic E-state index is 12.5. The van der Waals surface area contributed by atoms with E-state index < -0.39 is 0 Å². The minimum absolute atomic E-state index is 0.0824. The Morgan fingerprint density at radius 1 is 1.29 bits per heavy atom. The predicted molar refractivity (Wildman–Crippen MR) is 97.1 cm³/mol. The van der Waals surface area contributed by atoms with E-state index in [4.69, 9.17) is 4.98 Å². The highest BCUT2D eigenvalue weighted by Crippen LogP contribution is 2.21. The van der Waals surface area contributed by atoms with Gasteiger partial charge >= 0.3 is 0 Å². The molecule has 5 heteroatoms. The van der Waals surface area contributed by atoms with Crippen molar-refractivity contribution in [3.05, 3.63) is 30.1 Å². The van der Waals surface area contributed by atoms with Crippen LogP contribution in [0.2, 0.25) is 0 Å². The number of imidazole rings is 1. The number of carbonyl (C=O) groups excluding carboxylic acids is 1. The molecule has 0 unspecified atom stereocenters. The lowest BCUT2D eigenvalue weighted by Gasteiger charge is -2.29. The van der Waals surface area contributed by atoms with E-state index in [9.17, 15) is 4.79 Å². The molecule has 130 valence electrons. The molecule has 3 rings (SSSR count). The Morgan fingerprint density at radius 3 is 2.71 bits per heavy atom. The van der Waals surface area contributed by atoms with Crippen molar-refractivity contribution in [2.45, 2.75) is 39.2 Å². The fourth-order valence-electron chi connectivity index (χ4n) is 3.42. The molecule has 2 aromatic rings. The Bertz CT molecular complexity index is 698. The molecule has 0 aliphatic carbocycles. The fraction of sp³-hybridized carbons (Fsp3) is 0.579. The van der Waals surface area contributed by atoms with Crippen LogP contribution in [-0.2, 0) is 11.3 Å². The zero-order valence-electron chi connectivity index (χ0n) is 15.0. The van der Waals surface area contributed by atoms with E-state index in [1.807, 2.05) is 24.3 Å². The normalized spacial score (nSPS) is 16.8. The molecule has 1 aliphatic heterocycles.